The molecule has 0 radical (unpaired) electrons. The van der Waals surface area contributed by atoms with Gasteiger partial charge in [0.05, 0.1) is 6.04 Å². The van der Waals surface area contributed by atoms with Crippen molar-refractivity contribution in [1.29, 1.82) is 0 Å². The van der Waals surface area contributed by atoms with Gasteiger partial charge in [0.1, 0.15) is 23.7 Å². The van der Waals surface area contributed by atoms with Crippen molar-refractivity contribution in [2.45, 2.75) is 25.5 Å². The van der Waals surface area contributed by atoms with Gasteiger partial charge in [-0.2, -0.15) is 0 Å². The van der Waals surface area contributed by atoms with Crippen LogP contribution in [0.5, 0.6) is 5.75 Å². The Balaban J connectivity index is 1.80. The topological polar surface area (TPSA) is 90.1 Å². The highest BCUT2D eigenvalue weighted by Gasteiger charge is 2.28. The van der Waals surface area contributed by atoms with Gasteiger partial charge in [-0.15, -0.1) is 5.10 Å². The smallest absolute Gasteiger partial charge is 0.342 e. The molecular weight excluding hydrogens is 267 g/mol. The summed E-state index contributed by atoms with van der Waals surface area (Å²) in [6.07, 6.45) is 2.02. The van der Waals surface area contributed by atoms with E-state index in [0.29, 0.717) is 5.82 Å². The molecule has 0 spiro atoms. The van der Waals surface area contributed by atoms with E-state index in [1.165, 1.54) is 12.1 Å². The van der Waals surface area contributed by atoms with Crippen molar-refractivity contribution in [3.8, 4) is 5.75 Å². The molecular formula is C12H11FN4O3. The van der Waals surface area contributed by atoms with Crippen LogP contribution in [0.3, 0.4) is 0 Å². The molecule has 8 heteroatoms. The van der Waals surface area contributed by atoms with Gasteiger partial charge in [-0.05, 0) is 35.4 Å². The predicted molar refractivity (Wildman–Crippen MR) is 63.8 cm³/mol. The van der Waals surface area contributed by atoms with Crippen molar-refractivity contribution >= 4 is 5.97 Å². The van der Waals surface area contributed by atoms with Crippen molar-refractivity contribution in [1.82, 2.24) is 20.2 Å². The molecule has 1 aromatic carbocycles. The molecule has 3 rings (SSSR count). The summed E-state index contributed by atoms with van der Waals surface area (Å²) in [5, 5.41) is 20.2. The molecule has 0 aliphatic heterocycles. The van der Waals surface area contributed by atoms with Crippen LogP contribution in [0.4, 0.5) is 4.39 Å². The SMILES string of the molecule is O=C(O)c1c(F)cccc1OCc1nnnn1C1CC1. The van der Waals surface area contributed by atoms with Gasteiger partial charge in [0.2, 0.25) is 0 Å². The molecule has 2 aromatic rings. The third-order valence-electron chi connectivity index (χ3n) is 3.00. The lowest BCUT2D eigenvalue weighted by Crippen LogP contribution is -2.10. The summed E-state index contributed by atoms with van der Waals surface area (Å²) in [4.78, 5) is 11.0. The number of carboxylic acids is 1. The number of aromatic nitrogens is 4. The first-order valence-electron chi connectivity index (χ1n) is 6.08. The molecule has 1 aliphatic rings. The summed E-state index contributed by atoms with van der Waals surface area (Å²) in [7, 11) is 0. The highest BCUT2D eigenvalue weighted by atomic mass is 19.1. The van der Waals surface area contributed by atoms with Crippen LogP contribution in [0.15, 0.2) is 18.2 Å². The minimum absolute atomic E-state index is 0.00671. The van der Waals surface area contributed by atoms with Crippen LogP contribution in [0.25, 0.3) is 0 Å². The van der Waals surface area contributed by atoms with Gasteiger partial charge in [0, 0.05) is 0 Å². The number of tetrazole rings is 1. The van der Waals surface area contributed by atoms with E-state index >= 15 is 0 Å². The van der Waals surface area contributed by atoms with Crippen molar-refractivity contribution in [2.75, 3.05) is 0 Å². The first kappa shape index (κ1) is 12.5. The van der Waals surface area contributed by atoms with E-state index < -0.39 is 17.3 Å². The predicted octanol–water partition coefficient (Wildman–Crippen LogP) is 1.42. The highest BCUT2D eigenvalue weighted by Crippen LogP contribution is 2.34. The number of rotatable bonds is 5. The minimum atomic E-state index is -1.38. The maximum absolute atomic E-state index is 13.5. The minimum Gasteiger partial charge on any atom is -0.485 e. The lowest BCUT2D eigenvalue weighted by atomic mass is 10.2. The van der Waals surface area contributed by atoms with Crippen LogP contribution >= 0.6 is 0 Å². The van der Waals surface area contributed by atoms with Gasteiger partial charge < -0.3 is 9.84 Å². The Hall–Kier alpha value is -2.51. The van der Waals surface area contributed by atoms with E-state index in [-0.39, 0.29) is 18.4 Å². The molecule has 1 heterocycles. The average molecular weight is 278 g/mol. The Labute approximate surface area is 113 Å². The van der Waals surface area contributed by atoms with Crippen molar-refractivity contribution in [2.24, 2.45) is 0 Å². The number of halogens is 1. The van der Waals surface area contributed by atoms with Gasteiger partial charge in [-0.25, -0.2) is 13.9 Å². The second kappa shape index (κ2) is 4.87. The maximum atomic E-state index is 13.5. The van der Waals surface area contributed by atoms with Crippen LogP contribution in [-0.4, -0.2) is 31.3 Å². The van der Waals surface area contributed by atoms with E-state index in [9.17, 15) is 9.18 Å². The van der Waals surface area contributed by atoms with Crippen LogP contribution < -0.4 is 4.74 Å². The Morgan fingerprint density at radius 3 is 3.00 bits per heavy atom. The number of hydrogen-bond acceptors (Lipinski definition) is 5. The van der Waals surface area contributed by atoms with Crippen molar-refractivity contribution in [3.63, 3.8) is 0 Å². The highest BCUT2D eigenvalue weighted by molar-refractivity contribution is 5.91. The van der Waals surface area contributed by atoms with Crippen LogP contribution in [0, 0.1) is 5.82 Å². The van der Waals surface area contributed by atoms with E-state index in [2.05, 4.69) is 15.5 Å². The van der Waals surface area contributed by atoms with Gasteiger partial charge >= 0.3 is 5.97 Å². The standard InChI is InChI=1S/C12H11FN4O3/c13-8-2-1-3-9(11(8)12(18)19)20-6-10-14-15-16-17(10)7-4-5-7/h1-3,7H,4-6H2,(H,18,19). The summed E-state index contributed by atoms with van der Waals surface area (Å²) in [6.45, 7) is -0.00671. The second-order valence-corrected chi connectivity index (χ2v) is 4.48. The molecule has 104 valence electrons. The average Bonchev–Trinajstić information content (AvgIpc) is 3.15. The molecule has 20 heavy (non-hydrogen) atoms. The number of benzene rings is 1. The number of aromatic carboxylic acids is 1. The molecule has 1 aliphatic carbocycles. The number of nitrogens with zero attached hydrogens (tertiary/aromatic N) is 4. The second-order valence-electron chi connectivity index (χ2n) is 4.48. The molecule has 1 fully saturated rings. The van der Waals surface area contributed by atoms with E-state index in [0.717, 1.165) is 18.9 Å². The maximum Gasteiger partial charge on any atom is 0.342 e. The van der Waals surface area contributed by atoms with E-state index in [4.69, 9.17) is 9.84 Å². The molecule has 0 amide bonds. The zero-order valence-electron chi connectivity index (χ0n) is 10.4. The first-order valence-corrected chi connectivity index (χ1v) is 6.08. The molecule has 0 saturated heterocycles. The quantitative estimate of drug-likeness (QED) is 0.889. The zero-order chi connectivity index (χ0) is 14.1. The molecule has 0 bridgehead atoms. The van der Waals surface area contributed by atoms with Gasteiger partial charge in [-0.3, -0.25) is 0 Å². The molecule has 1 saturated carbocycles. The van der Waals surface area contributed by atoms with E-state index in [1.807, 2.05) is 0 Å². The Kier molecular flexibility index (Phi) is 3.05. The zero-order valence-corrected chi connectivity index (χ0v) is 10.4. The molecule has 7 nitrogen and oxygen atoms in total. The van der Waals surface area contributed by atoms with Crippen LogP contribution in [0.1, 0.15) is 35.1 Å². The lowest BCUT2D eigenvalue weighted by Gasteiger charge is -2.09. The fourth-order valence-electron chi connectivity index (χ4n) is 1.88. The summed E-state index contributed by atoms with van der Waals surface area (Å²) in [5.74, 6) is -1.76. The van der Waals surface area contributed by atoms with E-state index in [1.54, 1.807) is 4.68 Å². The number of carboxylic acid groups (broad SMARTS) is 1. The fourth-order valence-corrected chi connectivity index (χ4v) is 1.88. The Morgan fingerprint density at radius 2 is 2.30 bits per heavy atom. The monoisotopic (exact) mass is 278 g/mol. The largest absolute Gasteiger partial charge is 0.485 e. The van der Waals surface area contributed by atoms with Gasteiger partial charge in [0.15, 0.2) is 5.82 Å². The molecule has 1 aromatic heterocycles. The normalized spacial score (nSPS) is 14.2. The third kappa shape index (κ3) is 2.31. The number of hydrogen-bond donors (Lipinski definition) is 1. The first-order chi connectivity index (χ1) is 9.66. The number of ether oxygens (including phenoxy) is 1. The lowest BCUT2D eigenvalue weighted by molar-refractivity contribution is 0.0686. The fraction of sp³-hybridized carbons (Fsp3) is 0.333. The summed E-state index contributed by atoms with van der Waals surface area (Å²) >= 11 is 0. The van der Waals surface area contributed by atoms with Crippen molar-refractivity contribution < 1.29 is 19.0 Å². The summed E-state index contributed by atoms with van der Waals surface area (Å²) < 4.78 is 20.5. The summed E-state index contributed by atoms with van der Waals surface area (Å²) in [6, 6.07) is 4.15. The third-order valence-corrected chi connectivity index (χ3v) is 3.00. The van der Waals surface area contributed by atoms with Gasteiger partial charge in [-0.1, -0.05) is 6.07 Å². The van der Waals surface area contributed by atoms with Crippen molar-refractivity contribution in [3.05, 3.63) is 35.4 Å². The van der Waals surface area contributed by atoms with Crippen LogP contribution in [0.2, 0.25) is 0 Å². The molecule has 1 N–H and O–H groups in total. The Morgan fingerprint density at radius 1 is 1.50 bits per heavy atom. The molecule has 0 atom stereocenters. The van der Waals surface area contributed by atoms with Gasteiger partial charge in [0.25, 0.3) is 0 Å². The number of carbonyl (C=O) groups is 1. The summed E-state index contributed by atoms with van der Waals surface area (Å²) in [5.41, 5.74) is -0.488. The Bertz CT molecular complexity index is 654. The van der Waals surface area contributed by atoms with Crippen LogP contribution in [-0.2, 0) is 6.61 Å². The molecule has 0 unspecified atom stereocenters.